The van der Waals surface area contributed by atoms with Crippen molar-refractivity contribution >= 4 is 23.4 Å². The average molecular weight is 438 g/mol. The minimum absolute atomic E-state index is 0.298. The van der Waals surface area contributed by atoms with E-state index in [1.54, 1.807) is 5.56 Å². The monoisotopic (exact) mass is 437 g/mol. The number of nitrogens with one attached hydrogen (secondary N) is 1. The molecule has 1 saturated carbocycles. The molecule has 0 spiro atoms. The molecule has 0 saturated heterocycles. The number of aromatic nitrogens is 1. The molecule has 1 aliphatic heterocycles. The van der Waals surface area contributed by atoms with Crippen LogP contribution >= 0.6 is 11.8 Å². The molecule has 5 heteroatoms. The molecule has 0 unspecified atom stereocenters. The lowest BCUT2D eigenvalue weighted by Crippen LogP contribution is -2.25. The van der Waals surface area contributed by atoms with Crippen LogP contribution in [0.15, 0.2) is 23.1 Å². The Morgan fingerprint density at radius 2 is 1.87 bits per heavy atom. The number of nitrogens with zero attached hydrogens (tertiary/aromatic N) is 1. The number of hydrogen-bond acceptors (Lipinski definition) is 3. The Balaban J connectivity index is 1.61. The lowest BCUT2D eigenvalue weighted by atomic mass is 9.89. The first kappa shape index (κ1) is 21.0. The number of benzene rings is 1. The van der Waals surface area contributed by atoms with E-state index in [1.807, 2.05) is 6.07 Å². The van der Waals surface area contributed by atoms with E-state index in [2.05, 4.69) is 47.6 Å². The summed E-state index contributed by atoms with van der Waals surface area (Å²) in [4.78, 5) is 13.7. The highest BCUT2D eigenvalue weighted by molar-refractivity contribution is 7.99. The topological polar surface area (TPSA) is 60.0 Å². The highest BCUT2D eigenvalue weighted by atomic mass is 32.2. The largest absolute Gasteiger partial charge is 0.382 e. The maximum absolute atomic E-state index is 12.2. The summed E-state index contributed by atoms with van der Waals surface area (Å²) in [7, 11) is 0. The number of carbonyl (C=O) groups excluding carboxylic acids is 1. The SMILES string of the molecule is CC1(C)CSc2c3c(n(-c4ccc(C(N)=O)c(NC5CCCCC5)c4)c2C1)CCCC3. The summed E-state index contributed by atoms with van der Waals surface area (Å²) in [5.74, 6) is 0.837. The van der Waals surface area contributed by atoms with Crippen molar-refractivity contribution in [3.8, 4) is 5.69 Å². The number of nitrogens with two attached hydrogens (primary N) is 1. The summed E-state index contributed by atoms with van der Waals surface area (Å²) >= 11 is 2.06. The predicted octanol–water partition coefficient (Wildman–Crippen LogP) is 5.87. The molecule has 3 N–H and O–H groups in total. The Hall–Kier alpha value is -1.88. The molecule has 166 valence electrons. The molecule has 0 bridgehead atoms. The molecule has 0 radical (unpaired) electrons. The van der Waals surface area contributed by atoms with Crippen molar-refractivity contribution in [2.24, 2.45) is 11.1 Å². The van der Waals surface area contributed by atoms with Gasteiger partial charge in [-0.1, -0.05) is 33.1 Å². The van der Waals surface area contributed by atoms with Gasteiger partial charge in [0.15, 0.2) is 0 Å². The van der Waals surface area contributed by atoms with Gasteiger partial charge >= 0.3 is 0 Å². The third-order valence-electron chi connectivity index (χ3n) is 7.26. The third-order valence-corrected chi connectivity index (χ3v) is 8.96. The normalized spacial score (nSPS) is 20.7. The van der Waals surface area contributed by atoms with Crippen LogP contribution in [0.2, 0.25) is 0 Å². The maximum atomic E-state index is 12.2. The fourth-order valence-corrected chi connectivity index (χ4v) is 7.07. The number of amides is 1. The van der Waals surface area contributed by atoms with Gasteiger partial charge in [0.2, 0.25) is 0 Å². The lowest BCUT2D eigenvalue weighted by molar-refractivity contribution is 0.100. The number of fused-ring (bicyclic) bond motifs is 3. The van der Waals surface area contributed by atoms with E-state index in [0.717, 1.165) is 18.5 Å². The van der Waals surface area contributed by atoms with Crippen molar-refractivity contribution in [2.45, 2.75) is 89.0 Å². The highest BCUT2D eigenvalue weighted by Gasteiger charge is 2.34. The van der Waals surface area contributed by atoms with Crippen molar-refractivity contribution in [1.82, 2.24) is 4.57 Å². The first-order valence-electron chi connectivity index (χ1n) is 12.0. The van der Waals surface area contributed by atoms with Crippen LogP contribution in [0.3, 0.4) is 0 Å². The lowest BCUT2D eigenvalue weighted by Gasteiger charge is -2.31. The Morgan fingerprint density at radius 3 is 2.65 bits per heavy atom. The second kappa shape index (κ2) is 8.23. The second-order valence-electron chi connectivity index (χ2n) is 10.4. The molecule has 31 heavy (non-hydrogen) atoms. The molecule has 5 rings (SSSR count). The van der Waals surface area contributed by atoms with Gasteiger partial charge in [0.05, 0.1) is 5.56 Å². The fourth-order valence-electron chi connectivity index (χ4n) is 5.71. The van der Waals surface area contributed by atoms with Crippen molar-refractivity contribution < 1.29 is 4.79 Å². The molecule has 1 fully saturated rings. The molecule has 2 heterocycles. The molecule has 0 atom stereocenters. The van der Waals surface area contributed by atoms with Gasteiger partial charge in [-0.25, -0.2) is 0 Å². The summed E-state index contributed by atoms with van der Waals surface area (Å²) in [6.45, 7) is 4.76. The van der Waals surface area contributed by atoms with Crippen LogP contribution in [0, 0.1) is 5.41 Å². The van der Waals surface area contributed by atoms with Gasteiger partial charge in [-0.15, -0.1) is 11.8 Å². The van der Waals surface area contributed by atoms with Crippen molar-refractivity contribution in [3.63, 3.8) is 0 Å². The minimum atomic E-state index is -0.349. The van der Waals surface area contributed by atoms with E-state index < -0.39 is 0 Å². The highest BCUT2D eigenvalue weighted by Crippen LogP contribution is 2.46. The Labute approximate surface area is 190 Å². The van der Waals surface area contributed by atoms with Crippen LogP contribution in [-0.2, 0) is 19.3 Å². The average Bonchev–Trinajstić information content (AvgIpc) is 3.06. The van der Waals surface area contributed by atoms with Crippen molar-refractivity contribution in [1.29, 1.82) is 0 Å². The summed E-state index contributed by atoms with van der Waals surface area (Å²) in [6.07, 6.45) is 12.2. The summed E-state index contributed by atoms with van der Waals surface area (Å²) in [5.41, 5.74) is 13.3. The zero-order valence-corrected chi connectivity index (χ0v) is 19.7. The standard InChI is InChI=1S/C26H35N3OS/c1-26(2)15-23-24(31-16-26)20-10-6-7-11-22(20)29(23)18-12-13-19(25(27)30)21(14-18)28-17-8-4-3-5-9-17/h12-14,17,28H,3-11,15-16H2,1-2H3,(H2,27,30). The van der Waals surface area contributed by atoms with Crippen LogP contribution in [0.25, 0.3) is 5.69 Å². The van der Waals surface area contributed by atoms with Gasteiger partial charge in [0, 0.05) is 39.5 Å². The number of primary amides is 1. The smallest absolute Gasteiger partial charge is 0.250 e. The zero-order chi connectivity index (χ0) is 21.6. The van der Waals surface area contributed by atoms with Gasteiger partial charge in [0.1, 0.15) is 0 Å². The Bertz CT molecular complexity index is 1000. The van der Waals surface area contributed by atoms with Gasteiger partial charge in [-0.2, -0.15) is 0 Å². The van der Waals surface area contributed by atoms with E-state index in [0.29, 0.717) is 17.0 Å². The van der Waals surface area contributed by atoms with Gasteiger partial charge in [-0.3, -0.25) is 4.79 Å². The molecular weight excluding hydrogens is 402 g/mol. The molecule has 1 aromatic heterocycles. The first-order chi connectivity index (χ1) is 14.9. The van der Waals surface area contributed by atoms with E-state index in [-0.39, 0.29) is 5.91 Å². The maximum Gasteiger partial charge on any atom is 0.250 e. The molecule has 1 aromatic carbocycles. The molecule has 1 amide bonds. The van der Waals surface area contributed by atoms with E-state index in [9.17, 15) is 4.79 Å². The van der Waals surface area contributed by atoms with Gasteiger partial charge in [-0.05, 0) is 74.1 Å². The molecule has 2 aromatic rings. The van der Waals surface area contributed by atoms with Crippen LogP contribution < -0.4 is 11.1 Å². The predicted molar refractivity (Wildman–Crippen MR) is 130 cm³/mol. The van der Waals surface area contributed by atoms with Crippen molar-refractivity contribution in [2.75, 3.05) is 11.1 Å². The van der Waals surface area contributed by atoms with E-state index >= 15 is 0 Å². The number of carbonyl (C=O) groups is 1. The number of anilines is 1. The molecule has 2 aliphatic carbocycles. The second-order valence-corrected chi connectivity index (χ2v) is 11.4. The van der Waals surface area contributed by atoms with Gasteiger partial charge < -0.3 is 15.6 Å². The van der Waals surface area contributed by atoms with Gasteiger partial charge in [0.25, 0.3) is 5.91 Å². The van der Waals surface area contributed by atoms with Crippen LogP contribution in [0.5, 0.6) is 0 Å². The van der Waals surface area contributed by atoms with Crippen LogP contribution in [-0.4, -0.2) is 22.3 Å². The quantitative estimate of drug-likeness (QED) is 0.628. The fraction of sp³-hybridized carbons (Fsp3) is 0.577. The summed E-state index contributed by atoms with van der Waals surface area (Å²) < 4.78 is 2.54. The third kappa shape index (κ3) is 4.02. The van der Waals surface area contributed by atoms with E-state index in [1.165, 1.54) is 79.1 Å². The van der Waals surface area contributed by atoms with Crippen LogP contribution in [0.1, 0.15) is 86.1 Å². The number of thioether (sulfide) groups is 1. The Kier molecular flexibility index (Phi) is 5.58. The molecule has 3 aliphatic rings. The number of rotatable bonds is 4. The zero-order valence-electron chi connectivity index (χ0n) is 18.9. The number of hydrogen-bond donors (Lipinski definition) is 2. The minimum Gasteiger partial charge on any atom is -0.382 e. The van der Waals surface area contributed by atoms with E-state index in [4.69, 9.17) is 5.73 Å². The van der Waals surface area contributed by atoms with Crippen LogP contribution in [0.4, 0.5) is 5.69 Å². The first-order valence-corrected chi connectivity index (χ1v) is 13.0. The summed E-state index contributed by atoms with van der Waals surface area (Å²) in [6, 6.07) is 6.67. The molecular formula is C26H35N3OS. The Morgan fingerprint density at radius 1 is 1.10 bits per heavy atom. The molecule has 4 nitrogen and oxygen atoms in total. The van der Waals surface area contributed by atoms with Crippen molar-refractivity contribution in [3.05, 3.63) is 40.7 Å². The summed E-state index contributed by atoms with van der Waals surface area (Å²) in [5, 5.41) is 3.69.